The van der Waals surface area contributed by atoms with Gasteiger partial charge in [0.25, 0.3) is 0 Å². The molecular formula is C30H48O. The Morgan fingerprint density at radius 1 is 0.871 bits per heavy atom. The topological polar surface area (TPSA) is 9.23 Å². The predicted octanol–water partition coefficient (Wildman–Crippen LogP) is 8.19. The first kappa shape index (κ1) is 21.2. The highest BCUT2D eigenvalue weighted by Crippen LogP contribution is 2.77. The van der Waals surface area contributed by atoms with E-state index >= 15 is 0 Å². The summed E-state index contributed by atoms with van der Waals surface area (Å²) >= 11 is 0. The fraction of sp³-hybridized carbons (Fsp3) is 0.933. The van der Waals surface area contributed by atoms with E-state index < -0.39 is 0 Å². The van der Waals surface area contributed by atoms with E-state index in [9.17, 15) is 0 Å². The van der Waals surface area contributed by atoms with Crippen molar-refractivity contribution in [2.45, 2.75) is 119 Å². The molecule has 0 aromatic rings. The third-order valence-corrected chi connectivity index (χ3v) is 13.2. The Bertz CT molecular complexity index is 820. The van der Waals surface area contributed by atoms with Gasteiger partial charge in [-0.2, -0.15) is 0 Å². The Morgan fingerprint density at radius 2 is 1.65 bits per heavy atom. The molecule has 0 radical (unpaired) electrons. The van der Waals surface area contributed by atoms with Crippen molar-refractivity contribution in [3.05, 3.63) is 11.1 Å². The molecule has 7 aliphatic rings. The SMILES string of the molecule is CC(C)[C@H]1CC[C@@H]2[C@]1(C)CC[C@]1(C)C3=C(CC[C@@]21C)[C@@]12CCCC(C)(C)[C@@H]1C[C@@H]3OC2. The van der Waals surface area contributed by atoms with Crippen LogP contribution in [0.3, 0.4) is 0 Å². The highest BCUT2D eigenvalue weighted by Gasteiger charge is 2.69. The minimum Gasteiger partial charge on any atom is -0.373 e. The zero-order valence-corrected chi connectivity index (χ0v) is 21.6. The van der Waals surface area contributed by atoms with Gasteiger partial charge in [0, 0.05) is 5.41 Å². The van der Waals surface area contributed by atoms with E-state index in [2.05, 4.69) is 48.5 Å². The summed E-state index contributed by atoms with van der Waals surface area (Å²) in [5, 5.41) is 0. The van der Waals surface area contributed by atoms with E-state index in [1.165, 1.54) is 64.2 Å². The Morgan fingerprint density at radius 3 is 2.39 bits per heavy atom. The number of fused-ring (bicyclic) bond motifs is 4. The van der Waals surface area contributed by atoms with Crippen LogP contribution in [-0.4, -0.2) is 12.7 Å². The Hall–Kier alpha value is -0.300. The molecule has 2 aliphatic heterocycles. The summed E-state index contributed by atoms with van der Waals surface area (Å²) in [6, 6.07) is 0. The predicted molar refractivity (Wildman–Crippen MR) is 129 cm³/mol. The van der Waals surface area contributed by atoms with Gasteiger partial charge in [0.1, 0.15) is 0 Å². The maximum Gasteiger partial charge on any atom is 0.0797 e. The van der Waals surface area contributed by atoms with Crippen molar-refractivity contribution in [1.82, 2.24) is 0 Å². The van der Waals surface area contributed by atoms with Gasteiger partial charge in [0.05, 0.1) is 12.7 Å². The fourth-order valence-corrected chi connectivity index (χ4v) is 11.6. The molecule has 0 unspecified atom stereocenters. The maximum atomic E-state index is 6.80. The van der Waals surface area contributed by atoms with E-state index in [4.69, 9.17) is 4.74 Å². The lowest BCUT2D eigenvalue weighted by Gasteiger charge is -2.70. The van der Waals surface area contributed by atoms with E-state index in [-0.39, 0.29) is 0 Å². The molecule has 31 heavy (non-hydrogen) atoms. The normalized spacial score (nSPS) is 55.0. The van der Waals surface area contributed by atoms with Crippen molar-refractivity contribution in [3.63, 3.8) is 0 Å². The number of rotatable bonds is 1. The first-order valence-electron chi connectivity index (χ1n) is 13.9. The van der Waals surface area contributed by atoms with Crippen LogP contribution in [0.1, 0.15) is 113 Å². The molecule has 1 nitrogen and oxygen atoms in total. The molecule has 0 aromatic heterocycles. The third kappa shape index (κ3) is 2.34. The second-order valence-corrected chi connectivity index (χ2v) is 14.7. The summed E-state index contributed by atoms with van der Waals surface area (Å²) in [6.07, 6.45) is 14.6. The van der Waals surface area contributed by atoms with Crippen LogP contribution in [0.4, 0.5) is 0 Å². The Balaban J connectivity index is 1.47. The van der Waals surface area contributed by atoms with Gasteiger partial charge in [-0.1, -0.05) is 60.5 Å². The van der Waals surface area contributed by atoms with E-state index in [0.717, 1.165) is 30.3 Å². The van der Waals surface area contributed by atoms with Crippen LogP contribution in [0, 0.1) is 50.7 Å². The van der Waals surface area contributed by atoms with Crippen LogP contribution in [0.2, 0.25) is 0 Å². The van der Waals surface area contributed by atoms with Crippen molar-refractivity contribution < 1.29 is 4.74 Å². The van der Waals surface area contributed by atoms with Gasteiger partial charge in [-0.05, 0) is 109 Å². The molecule has 4 fully saturated rings. The molecule has 174 valence electrons. The smallest absolute Gasteiger partial charge is 0.0797 e. The summed E-state index contributed by atoms with van der Waals surface area (Å²) in [7, 11) is 0. The van der Waals surface area contributed by atoms with Gasteiger partial charge in [0.2, 0.25) is 0 Å². The molecule has 5 aliphatic carbocycles. The van der Waals surface area contributed by atoms with Gasteiger partial charge in [-0.15, -0.1) is 0 Å². The number of hydrogen-bond acceptors (Lipinski definition) is 1. The summed E-state index contributed by atoms with van der Waals surface area (Å²) in [4.78, 5) is 0. The molecule has 0 amide bonds. The van der Waals surface area contributed by atoms with Gasteiger partial charge in [-0.25, -0.2) is 0 Å². The molecule has 0 N–H and O–H groups in total. The highest BCUT2D eigenvalue weighted by atomic mass is 16.5. The van der Waals surface area contributed by atoms with Crippen LogP contribution in [0.25, 0.3) is 0 Å². The van der Waals surface area contributed by atoms with Crippen LogP contribution in [-0.2, 0) is 4.74 Å². The Labute approximate surface area is 192 Å². The molecule has 2 bridgehead atoms. The van der Waals surface area contributed by atoms with Gasteiger partial charge >= 0.3 is 0 Å². The van der Waals surface area contributed by atoms with Gasteiger partial charge in [-0.3, -0.25) is 0 Å². The zero-order chi connectivity index (χ0) is 22.0. The van der Waals surface area contributed by atoms with Crippen molar-refractivity contribution >= 4 is 0 Å². The lowest BCUT2D eigenvalue weighted by Crippen LogP contribution is -2.64. The monoisotopic (exact) mass is 424 g/mol. The zero-order valence-electron chi connectivity index (χ0n) is 21.6. The molecule has 2 heterocycles. The molecule has 0 aromatic carbocycles. The van der Waals surface area contributed by atoms with Crippen molar-refractivity contribution in [2.24, 2.45) is 50.7 Å². The van der Waals surface area contributed by atoms with E-state index in [1.54, 1.807) is 0 Å². The minimum atomic E-state index is 0.362. The van der Waals surface area contributed by atoms with Crippen LogP contribution >= 0.6 is 0 Å². The average molecular weight is 425 g/mol. The maximum absolute atomic E-state index is 6.80. The summed E-state index contributed by atoms with van der Waals surface area (Å²) in [5.74, 6) is 3.51. The molecule has 1 heteroatoms. The quantitative estimate of drug-likeness (QED) is 0.385. The van der Waals surface area contributed by atoms with Gasteiger partial charge in [0.15, 0.2) is 0 Å². The lowest BCUT2D eigenvalue weighted by molar-refractivity contribution is -0.181. The molecule has 1 spiro atoms. The van der Waals surface area contributed by atoms with Crippen molar-refractivity contribution in [2.75, 3.05) is 6.61 Å². The molecule has 8 atom stereocenters. The highest BCUT2D eigenvalue weighted by molar-refractivity contribution is 5.43. The van der Waals surface area contributed by atoms with Crippen LogP contribution in [0.5, 0.6) is 0 Å². The Kier molecular flexibility index (Phi) is 4.27. The molecular weight excluding hydrogens is 376 g/mol. The largest absolute Gasteiger partial charge is 0.373 e. The fourth-order valence-electron chi connectivity index (χ4n) is 11.6. The van der Waals surface area contributed by atoms with E-state index in [0.29, 0.717) is 33.2 Å². The van der Waals surface area contributed by atoms with Crippen molar-refractivity contribution in [3.8, 4) is 0 Å². The third-order valence-electron chi connectivity index (χ3n) is 13.2. The molecule has 3 saturated carbocycles. The van der Waals surface area contributed by atoms with E-state index in [1.807, 2.05) is 11.1 Å². The first-order valence-corrected chi connectivity index (χ1v) is 13.9. The second kappa shape index (κ2) is 6.22. The molecule has 7 rings (SSSR count). The number of hydrogen-bond donors (Lipinski definition) is 0. The van der Waals surface area contributed by atoms with Gasteiger partial charge < -0.3 is 4.74 Å². The number of ether oxygens (including phenoxy) is 1. The van der Waals surface area contributed by atoms with Crippen LogP contribution < -0.4 is 0 Å². The summed E-state index contributed by atoms with van der Waals surface area (Å²) in [6.45, 7) is 19.3. The second-order valence-electron chi connectivity index (χ2n) is 14.7. The van der Waals surface area contributed by atoms with Crippen LogP contribution in [0.15, 0.2) is 11.1 Å². The first-order chi connectivity index (χ1) is 14.5. The van der Waals surface area contributed by atoms with Crippen molar-refractivity contribution in [1.29, 1.82) is 0 Å². The average Bonchev–Trinajstić information content (AvgIpc) is 3.07. The summed E-state index contributed by atoms with van der Waals surface area (Å²) in [5.41, 5.74) is 6.05. The standard InChI is InChI=1S/C30H48O/c1-19(2)20-9-10-23-27(20,5)15-16-29(7)25-21(11-14-28(23,29)6)30-13-8-12-26(3,4)24(30)17-22(25)31-18-30/h19-20,22-24H,8-18H2,1-7H3/t20-,22+,23-,24+,27-,28+,29-,30+/m1/s1. The summed E-state index contributed by atoms with van der Waals surface area (Å²) < 4.78 is 6.80. The molecule has 1 saturated heterocycles. The minimum absolute atomic E-state index is 0.362. The lowest BCUT2D eigenvalue weighted by atomic mass is 9.36.